The first-order chi connectivity index (χ1) is 19.4. The highest BCUT2D eigenvalue weighted by Gasteiger charge is 2.50. The average Bonchev–Trinajstić information content (AvgIpc) is 3.57. The maximum atomic E-state index is 13.1. The largest absolute Gasteiger partial charge is 0.493 e. The summed E-state index contributed by atoms with van der Waals surface area (Å²) in [5, 5.41) is 0. The third-order valence-electron chi connectivity index (χ3n) is 8.08. The van der Waals surface area contributed by atoms with Crippen molar-refractivity contribution in [1.82, 2.24) is 4.90 Å². The van der Waals surface area contributed by atoms with Crippen LogP contribution in [0.5, 0.6) is 28.7 Å². The predicted octanol–water partition coefficient (Wildman–Crippen LogP) is 4.01. The van der Waals surface area contributed by atoms with Gasteiger partial charge in [0.2, 0.25) is 18.3 Å². The predicted molar refractivity (Wildman–Crippen MR) is 140 cm³/mol. The van der Waals surface area contributed by atoms with E-state index in [0.29, 0.717) is 41.6 Å². The molecule has 4 atom stereocenters. The van der Waals surface area contributed by atoms with E-state index < -0.39 is 24.2 Å². The van der Waals surface area contributed by atoms with Crippen molar-refractivity contribution in [2.75, 3.05) is 41.8 Å². The van der Waals surface area contributed by atoms with E-state index in [1.165, 1.54) is 7.11 Å². The summed E-state index contributed by atoms with van der Waals surface area (Å²) in [4.78, 5) is 27.6. The fraction of sp³-hybridized carbons (Fsp3) is 0.448. The molecule has 11 heteroatoms. The third-order valence-corrected chi connectivity index (χ3v) is 8.08. The van der Waals surface area contributed by atoms with Crippen LogP contribution in [0.15, 0.2) is 30.0 Å². The lowest BCUT2D eigenvalue weighted by molar-refractivity contribution is -0.147. The molecule has 1 saturated heterocycles. The number of benzene rings is 2. The highest BCUT2D eigenvalue weighted by Crippen LogP contribution is 2.56. The third kappa shape index (κ3) is 3.86. The Morgan fingerprint density at radius 3 is 2.42 bits per heavy atom. The highest BCUT2D eigenvalue weighted by molar-refractivity contribution is 5.88. The summed E-state index contributed by atoms with van der Waals surface area (Å²) in [6.07, 6.45) is 1.60. The van der Waals surface area contributed by atoms with Crippen LogP contribution in [0, 0.1) is 5.92 Å². The Kier molecular flexibility index (Phi) is 6.52. The molecule has 0 aromatic heterocycles. The molecule has 0 N–H and O–H groups in total. The van der Waals surface area contributed by atoms with Crippen molar-refractivity contribution in [3.05, 3.63) is 41.2 Å². The quantitative estimate of drug-likeness (QED) is 0.487. The van der Waals surface area contributed by atoms with Crippen molar-refractivity contribution in [2.45, 2.75) is 38.0 Å². The first-order valence-electron chi connectivity index (χ1n) is 13.1. The van der Waals surface area contributed by atoms with Crippen LogP contribution in [-0.2, 0) is 25.4 Å². The van der Waals surface area contributed by atoms with Gasteiger partial charge in [-0.1, -0.05) is 6.92 Å². The molecule has 3 heterocycles. The lowest BCUT2D eigenvalue weighted by Crippen LogP contribution is -2.51. The van der Waals surface area contributed by atoms with Gasteiger partial charge >= 0.3 is 12.1 Å². The Hall–Kier alpha value is -4.28. The van der Waals surface area contributed by atoms with Crippen LogP contribution in [0.4, 0.5) is 4.79 Å². The van der Waals surface area contributed by atoms with Crippen LogP contribution < -0.4 is 23.7 Å². The highest BCUT2D eigenvalue weighted by atomic mass is 16.7. The van der Waals surface area contributed by atoms with Crippen LogP contribution in [-0.4, -0.2) is 71.1 Å². The summed E-state index contributed by atoms with van der Waals surface area (Å²) in [7, 11) is 5.97. The number of nitrogens with zero attached hydrogens (tertiary/aromatic N) is 1. The van der Waals surface area contributed by atoms with Gasteiger partial charge in [-0.2, -0.15) is 0 Å². The SMILES string of the molecule is CC[C@@H]1COC(=O)N1[C@@H]1OC(C(=O)OC)=C[C@@H]2c3cc(OC)c(OC)c(OC)c3-c3cc4c(cc3C[C@H]21)OCO4. The summed E-state index contributed by atoms with van der Waals surface area (Å²) in [6, 6.07) is 5.56. The fourth-order valence-electron chi connectivity index (χ4n) is 6.20. The van der Waals surface area contributed by atoms with E-state index >= 15 is 0 Å². The Morgan fingerprint density at radius 1 is 1.00 bits per heavy atom. The van der Waals surface area contributed by atoms with E-state index in [1.54, 1.807) is 32.3 Å². The maximum absolute atomic E-state index is 13.1. The zero-order chi connectivity index (χ0) is 28.1. The molecule has 0 radical (unpaired) electrons. The number of allylic oxidation sites excluding steroid dienone is 1. The van der Waals surface area contributed by atoms with Crippen molar-refractivity contribution in [3.8, 4) is 39.9 Å². The number of hydrogen-bond acceptors (Lipinski definition) is 10. The smallest absolute Gasteiger partial charge is 0.413 e. The Morgan fingerprint density at radius 2 is 1.75 bits per heavy atom. The van der Waals surface area contributed by atoms with E-state index in [1.807, 2.05) is 25.1 Å². The lowest BCUT2D eigenvalue weighted by atomic mass is 9.79. The molecule has 0 saturated carbocycles. The number of carbonyl (C=O) groups is 2. The summed E-state index contributed by atoms with van der Waals surface area (Å²) >= 11 is 0. The van der Waals surface area contributed by atoms with E-state index in [4.69, 9.17) is 37.9 Å². The van der Waals surface area contributed by atoms with Gasteiger partial charge < -0.3 is 37.9 Å². The van der Waals surface area contributed by atoms with Crippen molar-refractivity contribution in [3.63, 3.8) is 0 Å². The molecule has 4 aliphatic rings. The molecule has 1 fully saturated rings. The molecular formula is C29H31NO10. The van der Waals surface area contributed by atoms with Crippen LogP contribution in [0.25, 0.3) is 11.1 Å². The van der Waals surface area contributed by atoms with Gasteiger partial charge in [-0.3, -0.25) is 4.90 Å². The van der Waals surface area contributed by atoms with E-state index in [9.17, 15) is 9.59 Å². The molecule has 6 rings (SSSR count). The van der Waals surface area contributed by atoms with Crippen molar-refractivity contribution in [1.29, 1.82) is 0 Å². The number of amides is 1. The lowest BCUT2D eigenvalue weighted by Gasteiger charge is -2.41. The Labute approximate surface area is 231 Å². The minimum atomic E-state index is -0.813. The van der Waals surface area contributed by atoms with E-state index in [0.717, 1.165) is 22.3 Å². The van der Waals surface area contributed by atoms with E-state index in [-0.39, 0.29) is 31.1 Å². The number of fused-ring (bicyclic) bond motifs is 6. The molecule has 1 aliphatic carbocycles. The number of esters is 1. The van der Waals surface area contributed by atoms with Crippen molar-refractivity contribution in [2.24, 2.45) is 5.92 Å². The van der Waals surface area contributed by atoms with Gasteiger partial charge in [-0.05, 0) is 53.8 Å². The van der Waals surface area contributed by atoms with Gasteiger partial charge in [-0.25, -0.2) is 9.59 Å². The van der Waals surface area contributed by atoms with Gasteiger partial charge in [0, 0.05) is 17.4 Å². The first kappa shape index (κ1) is 26.0. The molecule has 0 spiro atoms. The number of carbonyl (C=O) groups excluding carboxylic acids is 2. The first-order valence-corrected chi connectivity index (χ1v) is 13.1. The summed E-state index contributed by atoms with van der Waals surface area (Å²) in [5.41, 5.74) is 3.37. The summed E-state index contributed by atoms with van der Waals surface area (Å²) in [5.74, 6) is 1.25. The van der Waals surface area contributed by atoms with Gasteiger partial charge in [-0.15, -0.1) is 0 Å². The molecule has 0 bridgehead atoms. The second-order valence-electron chi connectivity index (χ2n) is 9.94. The minimum absolute atomic E-state index is 0.0168. The van der Waals surface area contributed by atoms with E-state index in [2.05, 4.69) is 0 Å². The second-order valence-corrected chi connectivity index (χ2v) is 9.94. The number of ether oxygens (including phenoxy) is 8. The van der Waals surface area contributed by atoms with Crippen LogP contribution in [0.1, 0.15) is 30.4 Å². The van der Waals surface area contributed by atoms with Gasteiger partial charge in [0.25, 0.3) is 0 Å². The monoisotopic (exact) mass is 553 g/mol. The van der Waals surface area contributed by atoms with Crippen LogP contribution in [0.2, 0.25) is 0 Å². The fourth-order valence-corrected chi connectivity index (χ4v) is 6.20. The normalized spacial score (nSPS) is 24.0. The zero-order valence-corrected chi connectivity index (χ0v) is 23.0. The molecule has 3 aliphatic heterocycles. The van der Waals surface area contributed by atoms with Crippen molar-refractivity contribution < 1.29 is 47.5 Å². The maximum Gasteiger partial charge on any atom is 0.413 e. The number of cyclic esters (lactones) is 1. The van der Waals surface area contributed by atoms with Crippen LogP contribution in [0.3, 0.4) is 0 Å². The second kappa shape index (κ2) is 10.0. The summed E-state index contributed by atoms with van der Waals surface area (Å²) < 4.78 is 45.7. The van der Waals surface area contributed by atoms with Crippen molar-refractivity contribution >= 4 is 12.1 Å². The standard InChI is InChI=1S/C29H31NO10/c1-6-15-12-37-29(32)30(15)27-19-7-14-8-20-21(39-13-38-20)9-16(14)24-18(17(19)10-23(40-27)28(31)36-5)11-22(33-2)25(34-3)26(24)35-4/h8-11,15,17,19,27H,6-7,12-13H2,1-5H3/t15-,17-,19-,27-/m1/s1. The zero-order valence-electron chi connectivity index (χ0n) is 23.0. The topological polar surface area (TPSA) is 111 Å². The molecule has 11 nitrogen and oxygen atoms in total. The van der Waals surface area contributed by atoms with Crippen LogP contribution >= 0.6 is 0 Å². The molecule has 212 valence electrons. The minimum Gasteiger partial charge on any atom is -0.493 e. The van der Waals surface area contributed by atoms with Gasteiger partial charge in [0.15, 0.2) is 29.2 Å². The number of hydrogen-bond donors (Lipinski definition) is 0. The Bertz CT molecular complexity index is 1400. The van der Waals surface area contributed by atoms with Gasteiger partial charge in [0.1, 0.15) is 6.61 Å². The number of rotatable bonds is 6. The molecule has 2 aromatic carbocycles. The molecular weight excluding hydrogens is 522 g/mol. The number of methoxy groups -OCH3 is 4. The molecule has 1 amide bonds. The average molecular weight is 554 g/mol. The molecule has 0 unspecified atom stereocenters. The Balaban J connectivity index is 1.65. The van der Waals surface area contributed by atoms with Gasteiger partial charge in [0.05, 0.1) is 34.5 Å². The summed E-state index contributed by atoms with van der Waals surface area (Å²) in [6.45, 7) is 2.35. The molecule has 40 heavy (non-hydrogen) atoms. The molecule has 2 aromatic rings.